The molecule has 6 heteroatoms. The van der Waals surface area contributed by atoms with Crippen molar-refractivity contribution in [1.82, 2.24) is 9.97 Å². The third-order valence-electron chi connectivity index (χ3n) is 2.84. The highest BCUT2D eigenvalue weighted by Gasteiger charge is 2.47. The van der Waals surface area contributed by atoms with Crippen LogP contribution < -0.4 is 11.1 Å². The second-order valence-electron chi connectivity index (χ2n) is 3.69. The fraction of sp³-hybridized carbons (Fsp3) is 0.444. The number of hydrogen-bond acceptors (Lipinski definition) is 3. The van der Waals surface area contributed by atoms with Crippen LogP contribution in [0.15, 0.2) is 12.4 Å². The van der Waals surface area contributed by atoms with E-state index in [-0.39, 0.29) is 10.9 Å². The van der Waals surface area contributed by atoms with E-state index >= 15 is 0 Å². The van der Waals surface area contributed by atoms with Gasteiger partial charge < -0.3 is 10.7 Å². The van der Waals surface area contributed by atoms with Gasteiger partial charge >= 0.3 is 0 Å². The molecule has 1 aliphatic rings. The lowest BCUT2D eigenvalue weighted by atomic mass is 9.68. The third kappa shape index (κ3) is 1.61. The van der Waals surface area contributed by atoms with E-state index in [0.717, 1.165) is 19.3 Å². The van der Waals surface area contributed by atoms with E-state index in [4.69, 9.17) is 18.0 Å². The molecule has 0 atom stereocenters. The molecule has 1 heterocycles. The molecule has 1 aliphatic carbocycles. The minimum absolute atomic E-state index is 0.156. The van der Waals surface area contributed by atoms with Crippen LogP contribution in [-0.2, 0) is 4.79 Å². The van der Waals surface area contributed by atoms with E-state index in [9.17, 15) is 4.79 Å². The maximum Gasteiger partial charge on any atom is 0.239 e. The predicted molar refractivity (Wildman–Crippen MR) is 60.3 cm³/mol. The minimum atomic E-state index is -0.651. The van der Waals surface area contributed by atoms with Gasteiger partial charge in [0.05, 0.1) is 10.4 Å². The fourth-order valence-electron chi connectivity index (χ4n) is 1.68. The Bertz CT molecular complexity index is 383. The van der Waals surface area contributed by atoms with Crippen molar-refractivity contribution >= 4 is 29.1 Å². The van der Waals surface area contributed by atoms with Gasteiger partial charge in [-0.05, 0) is 12.8 Å². The summed E-state index contributed by atoms with van der Waals surface area (Å²) in [5.41, 5.74) is 4.95. The van der Waals surface area contributed by atoms with E-state index in [0.29, 0.717) is 5.95 Å². The van der Waals surface area contributed by atoms with Crippen molar-refractivity contribution in [2.75, 3.05) is 5.32 Å². The number of carbonyl (C=O) groups is 1. The number of amides is 1. The zero-order valence-corrected chi connectivity index (χ0v) is 8.93. The molecular formula is C9H12N4OS. The highest BCUT2D eigenvalue weighted by molar-refractivity contribution is 7.80. The van der Waals surface area contributed by atoms with Crippen molar-refractivity contribution in [2.24, 2.45) is 11.1 Å². The molecule has 0 spiro atoms. The maximum atomic E-state index is 11.9. The number of anilines is 1. The standard InChI is InChI=1S/C9H12N4OS/c10-6(15)9(2-1-3-9)7(14)13-8-11-4-5-12-8/h4-5H,1-3H2,(H2,10,15)(H2,11,12,13,14). The number of thiocarbonyl (C=S) groups is 1. The number of rotatable bonds is 3. The van der Waals surface area contributed by atoms with Gasteiger partial charge in [-0.1, -0.05) is 18.6 Å². The number of nitrogens with zero attached hydrogens (tertiary/aromatic N) is 1. The van der Waals surface area contributed by atoms with Gasteiger partial charge in [-0.3, -0.25) is 10.1 Å². The van der Waals surface area contributed by atoms with Crippen molar-refractivity contribution < 1.29 is 4.79 Å². The normalized spacial score (nSPS) is 17.9. The Labute approximate surface area is 92.5 Å². The number of H-pyrrole nitrogens is 1. The number of aromatic nitrogens is 2. The molecule has 1 amide bonds. The molecule has 0 unspecified atom stereocenters. The zero-order valence-electron chi connectivity index (χ0n) is 8.12. The molecule has 5 nitrogen and oxygen atoms in total. The van der Waals surface area contributed by atoms with Gasteiger partial charge in [0, 0.05) is 12.4 Å². The minimum Gasteiger partial charge on any atom is -0.392 e. The van der Waals surface area contributed by atoms with Gasteiger partial charge in [-0.2, -0.15) is 0 Å². The average molecular weight is 224 g/mol. The number of nitrogens with one attached hydrogen (secondary N) is 2. The molecule has 1 saturated carbocycles. The Hall–Kier alpha value is -1.43. The first-order chi connectivity index (χ1) is 7.15. The van der Waals surface area contributed by atoms with Crippen LogP contribution in [0.1, 0.15) is 19.3 Å². The van der Waals surface area contributed by atoms with Gasteiger partial charge in [0.15, 0.2) is 0 Å². The average Bonchev–Trinajstić information content (AvgIpc) is 2.53. The zero-order chi connectivity index (χ0) is 10.9. The first-order valence-electron chi connectivity index (χ1n) is 4.76. The summed E-state index contributed by atoms with van der Waals surface area (Å²) in [6.07, 6.45) is 5.67. The molecule has 4 N–H and O–H groups in total. The Morgan fingerprint density at radius 1 is 1.67 bits per heavy atom. The van der Waals surface area contributed by atoms with Crippen molar-refractivity contribution in [1.29, 1.82) is 0 Å². The molecule has 0 aliphatic heterocycles. The summed E-state index contributed by atoms with van der Waals surface area (Å²) < 4.78 is 0. The molecule has 2 rings (SSSR count). The van der Waals surface area contributed by atoms with Gasteiger partial charge in [-0.15, -0.1) is 0 Å². The SMILES string of the molecule is NC(=S)C1(C(=O)Nc2ncc[nH]2)CCC1. The molecule has 80 valence electrons. The molecule has 1 aromatic rings. The second-order valence-corrected chi connectivity index (χ2v) is 4.13. The van der Waals surface area contributed by atoms with Crippen LogP contribution in [0.4, 0.5) is 5.95 Å². The first kappa shape index (κ1) is 10.1. The van der Waals surface area contributed by atoms with Crippen molar-refractivity contribution in [3.63, 3.8) is 0 Å². The maximum absolute atomic E-state index is 11.9. The lowest BCUT2D eigenvalue weighted by Crippen LogP contribution is -2.50. The Morgan fingerprint density at radius 3 is 2.80 bits per heavy atom. The molecule has 0 bridgehead atoms. The Morgan fingerprint density at radius 2 is 2.40 bits per heavy atom. The topological polar surface area (TPSA) is 83.8 Å². The summed E-state index contributed by atoms with van der Waals surface area (Å²) >= 11 is 4.94. The Balaban J connectivity index is 2.10. The number of aromatic amines is 1. The largest absolute Gasteiger partial charge is 0.392 e. The molecular weight excluding hydrogens is 212 g/mol. The van der Waals surface area contributed by atoms with E-state index in [1.165, 1.54) is 0 Å². The van der Waals surface area contributed by atoms with E-state index in [1.807, 2.05) is 0 Å². The van der Waals surface area contributed by atoms with Gasteiger partial charge in [0.2, 0.25) is 11.9 Å². The summed E-state index contributed by atoms with van der Waals surface area (Å²) in [7, 11) is 0. The van der Waals surface area contributed by atoms with Gasteiger partial charge in [0.1, 0.15) is 0 Å². The number of hydrogen-bond donors (Lipinski definition) is 3. The Kier molecular flexibility index (Phi) is 2.44. The lowest BCUT2D eigenvalue weighted by molar-refractivity contribution is -0.125. The molecule has 15 heavy (non-hydrogen) atoms. The summed E-state index contributed by atoms with van der Waals surface area (Å²) in [5, 5.41) is 2.67. The third-order valence-corrected chi connectivity index (χ3v) is 3.23. The summed E-state index contributed by atoms with van der Waals surface area (Å²) in [4.78, 5) is 18.9. The van der Waals surface area contributed by atoms with Crippen LogP contribution >= 0.6 is 12.2 Å². The lowest BCUT2D eigenvalue weighted by Gasteiger charge is -2.38. The number of nitrogens with two attached hydrogens (primary N) is 1. The number of carbonyl (C=O) groups excluding carboxylic acids is 1. The highest BCUT2D eigenvalue weighted by atomic mass is 32.1. The van der Waals surface area contributed by atoms with Crippen LogP contribution in [0.5, 0.6) is 0 Å². The first-order valence-corrected chi connectivity index (χ1v) is 5.17. The molecule has 0 aromatic carbocycles. The van der Waals surface area contributed by atoms with Crippen LogP contribution in [0.25, 0.3) is 0 Å². The van der Waals surface area contributed by atoms with Crippen LogP contribution in [0.3, 0.4) is 0 Å². The summed E-state index contributed by atoms with van der Waals surface area (Å²) in [6, 6.07) is 0. The smallest absolute Gasteiger partial charge is 0.239 e. The molecule has 1 aromatic heterocycles. The van der Waals surface area contributed by atoms with Crippen molar-refractivity contribution in [3.8, 4) is 0 Å². The highest BCUT2D eigenvalue weighted by Crippen LogP contribution is 2.42. The van der Waals surface area contributed by atoms with Crippen molar-refractivity contribution in [2.45, 2.75) is 19.3 Å². The van der Waals surface area contributed by atoms with E-state index in [2.05, 4.69) is 15.3 Å². The predicted octanol–water partition coefficient (Wildman–Crippen LogP) is 0.805. The van der Waals surface area contributed by atoms with Crippen LogP contribution in [0, 0.1) is 5.41 Å². The van der Waals surface area contributed by atoms with Crippen LogP contribution in [-0.4, -0.2) is 20.9 Å². The summed E-state index contributed by atoms with van der Waals surface area (Å²) in [6.45, 7) is 0. The van der Waals surface area contributed by atoms with Gasteiger partial charge in [0.25, 0.3) is 0 Å². The van der Waals surface area contributed by atoms with E-state index < -0.39 is 5.41 Å². The van der Waals surface area contributed by atoms with Crippen molar-refractivity contribution in [3.05, 3.63) is 12.4 Å². The molecule has 1 fully saturated rings. The van der Waals surface area contributed by atoms with Gasteiger partial charge in [-0.25, -0.2) is 4.98 Å². The monoisotopic (exact) mass is 224 g/mol. The number of imidazole rings is 1. The quantitative estimate of drug-likeness (QED) is 0.663. The van der Waals surface area contributed by atoms with Crippen LogP contribution in [0.2, 0.25) is 0 Å². The second kappa shape index (κ2) is 3.62. The molecule has 0 radical (unpaired) electrons. The van der Waals surface area contributed by atoms with E-state index in [1.54, 1.807) is 12.4 Å². The fourth-order valence-corrected chi connectivity index (χ4v) is 1.97. The molecule has 0 saturated heterocycles. The summed E-state index contributed by atoms with van der Waals surface area (Å²) in [5.74, 6) is 0.277.